The summed E-state index contributed by atoms with van der Waals surface area (Å²) in [6.45, 7) is 0.572. The van der Waals surface area contributed by atoms with Gasteiger partial charge in [-0.05, 0) is 52.7 Å². The zero-order chi connectivity index (χ0) is 14.8. The number of amides is 1. The van der Waals surface area contributed by atoms with E-state index in [4.69, 9.17) is 0 Å². The maximum absolute atomic E-state index is 13.6. The second kappa shape index (κ2) is 6.25. The molecule has 0 spiro atoms. The molecule has 0 fully saturated rings. The fourth-order valence-corrected chi connectivity index (χ4v) is 4.48. The second-order valence-corrected chi connectivity index (χ2v) is 8.11. The van der Waals surface area contributed by atoms with Crippen molar-refractivity contribution in [1.82, 2.24) is 5.32 Å². The second-order valence-electron chi connectivity index (χ2n) is 4.47. The summed E-state index contributed by atoms with van der Waals surface area (Å²) in [6, 6.07) is 10.5. The molecule has 0 aliphatic carbocycles. The predicted molar refractivity (Wildman–Crippen MR) is 89.8 cm³/mol. The van der Waals surface area contributed by atoms with Crippen LogP contribution in [0.2, 0.25) is 0 Å². The molecule has 3 rings (SSSR count). The molecule has 0 bridgehead atoms. The van der Waals surface area contributed by atoms with E-state index >= 15 is 0 Å². The summed E-state index contributed by atoms with van der Waals surface area (Å²) in [4.78, 5) is 13.8. The van der Waals surface area contributed by atoms with Gasteiger partial charge in [0.15, 0.2) is 0 Å². The Balaban J connectivity index is 1.65. The van der Waals surface area contributed by atoms with Crippen molar-refractivity contribution in [3.8, 4) is 0 Å². The lowest BCUT2D eigenvalue weighted by atomic mass is 10.2. The minimum atomic E-state index is -0.286. The fourth-order valence-electron chi connectivity index (χ4n) is 2.01. The third-order valence-electron chi connectivity index (χ3n) is 3.02. The van der Waals surface area contributed by atoms with Crippen LogP contribution in [-0.2, 0) is 6.42 Å². The molecule has 0 radical (unpaired) electrons. The van der Waals surface area contributed by atoms with Crippen LogP contribution in [-0.4, -0.2) is 12.5 Å². The highest BCUT2D eigenvalue weighted by atomic mass is 79.9. The summed E-state index contributed by atoms with van der Waals surface area (Å²) in [5.41, 5.74) is 0. The topological polar surface area (TPSA) is 29.1 Å². The van der Waals surface area contributed by atoms with Crippen LogP contribution in [0.25, 0.3) is 10.1 Å². The van der Waals surface area contributed by atoms with Crippen LogP contribution < -0.4 is 5.32 Å². The summed E-state index contributed by atoms with van der Waals surface area (Å²) in [5.74, 6) is -0.433. The molecule has 2 nitrogen and oxygen atoms in total. The number of halogens is 2. The molecule has 1 aromatic carbocycles. The largest absolute Gasteiger partial charge is 0.351 e. The van der Waals surface area contributed by atoms with Crippen LogP contribution in [0.5, 0.6) is 0 Å². The third-order valence-corrected chi connectivity index (χ3v) is 5.80. The van der Waals surface area contributed by atoms with E-state index in [1.54, 1.807) is 23.5 Å². The van der Waals surface area contributed by atoms with E-state index in [0.717, 1.165) is 14.9 Å². The van der Waals surface area contributed by atoms with Crippen LogP contribution in [0.15, 0.2) is 40.2 Å². The van der Waals surface area contributed by atoms with Gasteiger partial charge in [-0.1, -0.05) is 6.07 Å². The van der Waals surface area contributed by atoms with Crippen LogP contribution >= 0.6 is 38.6 Å². The summed E-state index contributed by atoms with van der Waals surface area (Å²) < 4.78 is 15.5. The zero-order valence-corrected chi connectivity index (χ0v) is 14.1. The van der Waals surface area contributed by atoms with Gasteiger partial charge in [-0.2, -0.15) is 0 Å². The van der Waals surface area contributed by atoms with Crippen LogP contribution in [0.1, 0.15) is 14.5 Å². The molecule has 2 heterocycles. The summed E-state index contributed by atoms with van der Waals surface area (Å²) in [7, 11) is 0. The molecule has 3 aromatic rings. The SMILES string of the molecule is O=C(NCCc1ccc(Br)s1)c1cc2c(F)cccc2s1. The molecule has 1 N–H and O–H groups in total. The monoisotopic (exact) mass is 383 g/mol. The molecule has 0 saturated heterocycles. The van der Waals surface area contributed by atoms with Crippen molar-refractivity contribution < 1.29 is 9.18 Å². The van der Waals surface area contributed by atoms with E-state index < -0.39 is 0 Å². The van der Waals surface area contributed by atoms with Gasteiger partial charge < -0.3 is 5.32 Å². The van der Waals surface area contributed by atoms with Crippen LogP contribution in [0.3, 0.4) is 0 Å². The molecular formula is C15H11BrFNOS2. The Morgan fingerprint density at radius 3 is 2.81 bits per heavy atom. The zero-order valence-electron chi connectivity index (χ0n) is 10.9. The smallest absolute Gasteiger partial charge is 0.261 e. The molecular weight excluding hydrogens is 373 g/mol. The number of carbonyl (C=O) groups excluding carboxylic acids is 1. The highest BCUT2D eigenvalue weighted by Gasteiger charge is 2.12. The molecule has 6 heteroatoms. The Kier molecular flexibility index (Phi) is 4.37. The quantitative estimate of drug-likeness (QED) is 0.686. The molecule has 0 aliphatic rings. The van der Waals surface area contributed by atoms with E-state index in [1.807, 2.05) is 18.2 Å². The first-order chi connectivity index (χ1) is 10.1. The maximum atomic E-state index is 13.6. The van der Waals surface area contributed by atoms with Crippen molar-refractivity contribution in [2.24, 2.45) is 0 Å². The van der Waals surface area contributed by atoms with Crippen molar-refractivity contribution in [1.29, 1.82) is 0 Å². The number of rotatable bonds is 4. The first kappa shape index (κ1) is 14.7. The van der Waals surface area contributed by atoms with Gasteiger partial charge in [0.2, 0.25) is 0 Å². The highest BCUT2D eigenvalue weighted by Crippen LogP contribution is 2.27. The molecule has 108 valence electrons. The Morgan fingerprint density at radius 2 is 2.10 bits per heavy atom. The molecule has 0 atom stereocenters. The number of hydrogen-bond donors (Lipinski definition) is 1. The number of carbonyl (C=O) groups is 1. The number of hydrogen-bond acceptors (Lipinski definition) is 3. The number of fused-ring (bicyclic) bond motifs is 1. The van der Waals surface area contributed by atoms with E-state index in [2.05, 4.69) is 21.2 Å². The van der Waals surface area contributed by atoms with E-state index in [1.165, 1.54) is 22.3 Å². The van der Waals surface area contributed by atoms with Crippen LogP contribution in [0.4, 0.5) is 4.39 Å². The van der Waals surface area contributed by atoms with Crippen molar-refractivity contribution in [2.75, 3.05) is 6.54 Å². The summed E-state index contributed by atoms with van der Waals surface area (Å²) in [6.07, 6.45) is 0.793. The van der Waals surface area contributed by atoms with E-state index in [-0.39, 0.29) is 11.7 Å². The van der Waals surface area contributed by atoms with Gasteiger partial charge in [-0.25, -0.2) is 4.39 Å². The lowest BCUT2D eigenvalue weighted by Crippen LogP contribution is -2.24. The Hall–Kier alpha value is -1.24. The Labute approximate surface area is 137 Å². The molecule has 2 aromatic heterocycles. The lowest BCUT2D eigenvalue weighted by molar-refractivity contribution is 0.0958. The average Bonchev–Trinajstić information content (AvgIpc) is 3.06. The third kappa shape index (κ3) is 3.33. The Morgan fingerprint density at radius 1 is 1.24 bits per heavy atom. The number of benzene rings is 1. The van der Waals surface area contributed by atoms with Gasteiger partial charge >= 0.3 is 0 Å². The van der Waals surface area contributed by atoms with Crippen LogP contribution in [0, 0.1) is 5.82 Å². The highest BCUT2D eigenvalue weighted by molar-refractivity contribution is 9.11. The molecule has 1 amide bonds. The van der Waals surface area contributed by atoms with Gasteiger partial charge in [-0.3, -0.25) is 4.79 Å². The van der Waals surface area contributed by atoms with E-state index in [0.29, 0.717) is 16.8 Å². The number of nitrogens with one attached hydrogen (secondary N) is 1. The van der Waals surface area contributed by atoms with Crippen molar-refractivity contribution >= 4 is 54.6 Å². The van der Waals surface area contributed by atoms with Gasteiger partial charge in [0.05, 0.1) is 8.66 Å². The first-order valence-corrected chi connectivity index (χ1v) is 8.76. The molecule has 0 saturated carbocycles. The predicted octanol–water partition coefficient (Wildman–Crippen LogP) is 4.84. The van der Waals surface area contributed by atoms with Crippen molar-refractivity contribution in [3.63, 3.8) is 0 Å². The van der Waals surface area contributed by atoms with Crippen molar-refractivity contribution in [2.45, 2.75) is 6.42 Å². The van der Waals surface area contributed by atoms with E-state index in [9.17, 15) is 9.18 Å². The molecule has 0 unspecified atom stereocenters. The first-order valence-electron chi connectivity index (χ1n) is 6.34. The maximum Gasteiger partial charge on any atom is 0.261 e. The van der Waals surface area contributed by atoms with Gasteiger partial charge in [0.1, 0.15) is 5.82 Å². The summed E-state index contributed by atoms with van der Waals surface area (Å²) in [5, 5.41) is 3.39. The summed E-state index contributed by atoms with van der Waals surface area (Å²) >= 11 is 6.39. The lowest BCUT2D eigenvalue weighted by Gasteiger charge is -2.01. The van der Waals surface area contributed by atoms with Gasteiger partial charge in [0, 0.05) is 21.5 Å². The standard InChI is InChI=1S/C15H11BrFNOS2/c16-14-5-4-9(20-14)6-7-18-15(19)13-8-10-11(17)2-1-3-12(10)21-13/h1-5,8H,6-7H2,(H,18,19). The van der Waals surface area contributed by atoms with Gasteiger partial charge in [-0.15, -0.1) is 22.7 Å². The minimum absolute atomic E-state index is 0.147. The average molecular weight is 384 g/mol. The van der Waals surface area contributed by atoms with Crippen molar-refractivity contribution in [3.05, 3.63) is 55.8 Å². The number of thiophene rings is 2. The normalized spacial score (nSPS) is 11.0. The molecule has 0 aliphatic heterocycles. The fraction of sp³-hybridized carbons (Fsp3) is 0.133. The Bertz CT molecular complexity index is 796. The minimum Gasteiger partial charge on any atom is -0.351 e. The van der Waals surface area contributed by atoms with Gasteiger partial charge in [0.25, 0.3) is 5.91 Å². The molecule has 21 heavy (non-hydrogen) atoms.